The molecule has 0 aromatic heterocycles. The topological polar surface area (TPSA) is 26.3 Å². The van der Waals surface area contributed by atoms with Gasteiger partial charge < -0.3 is 4.18 Å². The van der Waals surface area contributed by atoms with Crippen molar-refractivity contribution in [3.05, 3.63) is 42.5 Å². The maximum Gasteiger partial charge on any atom is 0.350 e. The predicted molar refractivity (Wildman–Crippen MR) is 59.7 cm³/mol. The summed E-state index contributed by atoms with van der Waals surface area (Å²) in [6, 6.07) is 9.28. The lowest BCUT2D eigenvalue weighted by Crippen LogP contribution is -2.01. The van der Waals surface area contributed by atoms with Crippen LogP contribution >= 0.6 is 12.0 Å². The molecule has 0 N–H and O–H groups in total. The molecule has 0 aliphatic rings. The van der Waals surface area contributed by atoms with E-state index in [2.05, 4.69) is 6.58 Å². The molecule has 0 heterocycles. The van der Waals surface area contributed by atoms with Gasteiger partial charge in [0.25, 0.3) is 0 Å². The Labute approximate surface area is 88.2 Å². The van der Waals surface area contributed by atoms with Crippen LogP contribution in [0.5, 0.6) is 0 Å². The maximum absolute atomic E-state index is 11.4. The Morgan fingerprint density at radius 2 is 2.07 bits per heavy atom. The summed E-state index contributed by atoms with van der Waals surface area (Å²) in [5.41, 5.74) is 1.20. The number of carbonyl (C=O) groups is 1. The van der Waals surface area contributed by atoms with E-state index in [0.29, 0.717) is 5.57 Å². The van der Waals surface area contributed by atoms with Crippen molar-refractivity contribution in [3.8, 4) is 0 Å². The van der Waals surface area contributed by atoms with E-state index >= 15 is 0 Å². The first-order chi connectivity index (χ1) is 6.75. The van der Waals surface area contributed by atoms with Crippen LogP contribution in [-0.4, -0.2) is 11.7 Å². The van der Waals surface area contributed by atoms with Crippen LogP contribution in [0.2, 0.25) is 0 Å². The molecule has 0 spiro atoms. The van der Waals surface area contributed by atoms with Gasteiger partial charge in [-0.3, -0.25) is 0 Å². The van der Waals surface area contributed by atoms with Crippen molar-refractivity contribution in [1.29, 1.82) is 0 Å². The van der Waals surface area contributed by atoms with Gasteiger partial charge in [0, 0.05) is 5.75 Å². The monoisotopic (exact) mass is 208 g/mol. The zero-order chi connectivity index (χ0) is 10.4. The minimum atomic E-state index is -0.372. The lowest BCUT2D eigenvalue weighted by Gasteiger charge is -2.03. The number of rotatable bonds is 4. The van der Waals surface area contributed by atoms with Gasteiger partial charge in [-0.1, -0.05) is 43.8 Å². The van der Waals surface area contributed by atoms with Crippen LogP contribution < -0.4 is 0 Å². The Bertz CT molecular complexity index is 319. The Morgan fingerprint density at radius 1 is 1.43 bits per heavy atom. The number of hydrogen-bond acceptors (Lipinski definition) is 3. The van der Waals surface area contributed by atoms with Crippen molar-refractivity contribution in [3.63, 3.8) is 0 Å². The second-order valence-corrected chi connectivity index (χ2v) is 3.60. The third-order valence-electron chi connectivity index (χ3n) is 1.62. The molecule has 0 aliphatic heterocycles. The second kappa shape index (κ2) is 5.50. The highest BCUT2D eigenvalue weighted by Crippen LogP contribution is 2.16. The molecule has 0 fully saturated rings. The fraction of sp³-hybridized carbons (Fsp3) is 0.182. The molecule has 1 aromatic rings. The standard InChI is InChI=1S/C11H12O2S/c1-3-14-13-11(12)9(2)10-7-5-4-6-8-10/h4-8H,2-3H2,1H3. The van der Waals surface area contributed by atoms with Gasteiger partial charge >= 0.3 is 5.97 Å². The molecule has 1 aromatic carbocycles. The molecule has 3 heteroatoms. The normalized spacial score (nSPS) is 9.50. The van der Waals surface area contributed by atoms with Crippen molar-refractivity contribution in [2.45, 2.75) is 6.92 Å². The molecule has 0 saturated heterocycles. The summed E-state index contributed by atoms with van der Waals surface area (Å²) in [4.78, 5) is 11.4. The minimum absolute atomic E-state index is 0.372. The fourth-order valence-corrected chi connectivity index (χ4v) is 1.25. The van der Waals surface area contributed by atoms with Gasteiger partial charge in [0.1, 0.15) is 0 Å². The predicted octanol–water partition coefficient (Wildman–Crippen LogP) is 2.91. The van der Waals surface area contributed by atoms with E-state index in [9.17, 15) is 4.79 Å². The molecule has 0 bridgehead atoms. The largest absolute Gasteiger partial charge is 0.388 e. The van der Waals surface area contributed by atoms with E-state index in [0.717, 1.165) is 23.4 Å². The van der Waals surface area contributed by atoms with Crippen LogP contribution in [0.15, 0.2) is 36.9 Å². The van der Waals surface area contributed by atoms with Crippen LogP contribution in [0, 0.1) is 0 Å². The highest BCUT2D eigenvalue weighted by Gasteiger charge is 2.10. The molecule has 0 unspecified atom stereocenters. The average molecular weight is 208 g/mol. The molecule has 0 radical (unpaired) electrons. The number of carbonyl (C=O) groups excluding carboxylic acids is 1. The summed E-state index contributed by atoms with van der Waals surface area (Å²) >= 11 is 1.13. The molecule has 0 aliphatic carbocycles. The zero-order valence-electron chi connectivity index (χ0n) is 8.03. The van der Waals surface area contributed by atoms with Gasteiger partial charge in [0.15, 0.2) is 0 Å². The first-order valence-corrected chi connectivity index (χ1v) is 5.25. The molecule has 0 atom stereocenters. The van der Waals surface area contributed by atoms with Gasteiger partial charge in [-0.15, -0.1) is 0 Å². The molecule has 2 nitrogen and oxygen atoms in total. The number of benzene rings is 1. The van der Waals surface area contributed by atoms with E-state index in [1.807, 2.05) is 37.3 Å². The third-order valence-corrected chi connectivity index (χ3v) is 2.13. The van der Waals surface area contributed by atoms with Crippen molar-refractivity contribution in [2.24, 2.45) is 0 Å². The van der Waals surface area contributed by atoms with Crippen molar-refractivity contribution in [2.75, 3.05) is 5.75 Å². The van der Waals surface area contributed by atoms with E-state index in [1.54, 1.807) is 0 Å². The minimum Gasteiger partial charge on any atom is -0.388 e. The Balaban J connectivity index is 2.62. The lowest BCUT2D eigenvalue weighted by atomic mass is 10.1. The SMILES string of the molecule is C=C(C(=O)OSCC)c1ccccc1. The Kier molecular flexibility index (Phi) is 4.26. The Morgan fingerprint density at radius 3 is 2.64 bits per heavy atom. The zero-order valence-corrected chi connectivity index (χ0v) is 8.84. The van der Waals surface area contributed by atoms with Crippen LogP contribution in [0.25, 0.3) is 5.57 Å². The van der Waals surface area contributed by atoms with E-state index in [4.69, 9.17) is 4.18 Å². The summed E-state index contributed by atoms with van der Waals surface area (Å²) in [7, 11) is 0. The van der Waals surface area contributed by atoms with E-state index < -0.39 is 0 Å². The van der Waals surface area contributed by atoms with Crippen molar-refractivity contribution >= 4 is 23.6 Å². The smallest absolute Gasteiger partial charge is 0.350 e. The summed E-state index contributed by atoms with van der Waals surface area (Å²) in [6.45, 7) is 5.61. The fourth-order valence-electron chi connectivity index (χ4n) is 0.920. The molecular formula is C11H12O2S. The van der Waals surface area contributed by atoms with Crippen molar-refractivity contribution in [1.82, 2.24) is 0 Å². The summed E-state index contributed by atoms with van der Waals surface area (Å²) in [5.74, 6) is 0.372. The van der Waals surface area contributed by atoms with E-state index in [-0.39, 0.29) is 5.97 Å². The molecule has 14 heavy (non-hydrogen) atoms. The van der Waals surface area contributed by atoms with Gasteiger partial charge in [0.05, 0.1) is 17.6 Å². The molecule has 0 saturated carbocycles. The third kappa shape index (κ3) is 2.92. The lowest BCUT2D eigenvalue weighted by molar-refractivity contribution is -0.126. The molecule has 0 amide bonds. The van der Waals surface area contributed by atoms with Crippen LogP contribution in [0.1, 0.15) is 12.5 Å². The van der Waals surface area contributed by atoms with Gasteiger partial charge in [0.2, 0.25) is 0 Å². The maximum atomic E-state index is 11.4. The number of hydrogen-bond donors (Lipinski definition) is 0. The van der Waals surface area contributed by atoms with Crippen molar-refractivity contribution < 1.29 is 8.98 Å². The van der Waals surface area contributed by atoms with Gasteiger partial charge in [-0.25, -0.2) is 4.79 Å². The van der Waals surface area contributed by atoms with Crippen LogP contribution in [0.3, 0.4) is 0 Å². The van der Waals surface area contributed by atoms with E-state index in [1.165, 1.54) is 0 Å². The highest BCUT2D eigenvalue weighted by molar-refractivity contribution is 7.95. The summed E-state index contributed by atoms with van der Waals surface area (Å²) in [6.07, 6.45) is 0. The van der Waals surface area contributed by atoms with Crippen LogP contribution in [0.4, 0.5) is 0 Å². The van der Waals surface area contributed by atoms with Gasteiger partial charge in [-0.05, 0) is 5.56 Å². The molecule has 74 valence electrons. The van der Waals surface area contributed by atoms with Gasteiger partial charge in [-0.2, -0.15) is 0 Å². The highest BCUT2D eigenvalue weighted by atomic mass is 32.2. The molecule has 1 rings (SSSR count). The first-order valence-electron chi connectivity index (χ1n) is 4.33. The first kappa shape index (κ1) is 10.9. The quantitative estimate of drug-likeness (QED) is 0.562. The average Bonchev–Trinajstić information content (AvgIpc) is 2.26. The second-order valence-electron chi connectivity index (χ2n) is 2.62. The summed E-state index contributed by atoms with van der Waals surface area (Å²) < 4.78 is 4.89. The Hall–Kier alpha value is -1.22. The molecular weight excluding hydrogens is 196 g/mol. The van der Waals surface area contributed by atoms with Crippen LogP contribution in [-0.2, 0) is 8.98 Å². The summed E-state index contributed by atoms with van der Waals surface area (Å²) in [5, 5.41) is 0.